The second-order valence-electron chi connectivity index (χ2n) is 7.93. The Kier molecular flexibility index (Phi) is 5.11. The van der Waals surface area contributed by atoms with Gasteiger partial charge in [0.25, 0.3) is 5.56 Å². The highest BCUT2D eigenvalue weighted by atomic mass is 19.1. The fourth-order valence-electron chi connectivity index (χ4n) is 3.54. The minimum atomic E-state index is -0.478. The van der Waals surface area contributed by atoms with E-state index in [1.54, 1.807) is 10.9 Å². The van der Waals surface area contributed by atoms with Crippen molar-refractivity contribution in [2.24, 2.45) is 5.92 Å². The minimum Gasteiger partial charge on any atom is -0.320 e. The number of aryl methyl sites for hydroxylation is 1. The summed E-state index contributed by atoms with van der Waals surface area (Å²) in [4.78, 5) is 30.9. The molecule has 4 aromatic rings. The molecule has 7 heteroatoms. The van der Waals surface area contributed by atoms with Crippen LogP contribution >= 0.6 is 0 Å². The summed E-state index contributed by atoms with van der Waals surface area (Å²) in [7, 11) is 0. The number of halogens is 1. The lowest BCUT2D eigenvalue weighted by molar-refractivity contribution is 0.489. The second-order valence-corrected chi connectivity index (χ2v) is 7.93. The zero-order valence-corrected chi connectivity index (χ0v) is 17.2. The highest BCUT2D eigenvalue weighted by molar-refractivity contribution is 5.72. The van der Waals surface area contributed by atoms with E-state index in [2.05, 4.69) is 4.98 Å². The summed E-state index contributed by atoms with van der Waals surface area (Å²) in [5, 5.41) is 0. The molecule has 6 nitrogen and oxygen atoms in total. The Balaban J connectivity index is 1.97. The van der Waals surface area contributed by atoms with E-state index in [4.69, 9.17) is 0 Å². The van der Waals surface area contributed by atoms with Gasteiger partial charge >= 0.3 is 5.69 Å². The average molecular weight is 406 g/mol. The van der Waals surface area contributed by atoms with Crippen molar-refractivity contribution in [2.75, 3.05) is 0 Å². The Morgan fingerprint density at radius 3 is 2.30 bits per heavy atom. The van der Waals surface area contributed by atoms with Crippen LogP contribution in [0.25, 0.3) is 16.9 Å². The summed E-state index contributed by atoms with van der Waals surface area (Å²) in [6.45, 7) is 6.64. The smallest absolute Gasteiger partial charge is 0.320 e. The molecule has 0 radical (unpaired) electrons. The normalized spacial score (nSPS) is 11.5. The summed E-state index contributed by atoms with van der Waals surface area (Å²) < 4.78 is 17.8. The number of imidazole rings is 1. The lowest BCUT2D eigenvalue weighted by Gasteiger charge is -2.14. The molecule has 0 aliphatic heterocycles. The highest BCUT2D eigenvalue weighted by Gasteiger charge is 2.20. The molecule has 2 aromatic heterocycles. The molecular weight excluding hydrogens is 383 g/mol. The Morgan fingerprint density at radius 2 is 1.67 bits per heavy atom. The van der Waals surface area contributed by atoms with E-state index in [9.17, 15) is 14.0 Å². The molecule has 30 heavy (non-hydrogen) atoms. The van der Waals surface area contributed by atoms with Gasteiger partial charge in [0.2, 0.25) is 0 Å². The SMILES string of the molecule is Cc1ccc(Cn2cnc3c2c(=O)n(CC(C)C)c(=O)n3-c2ccc(F)cc2)cc1. The van der Waals surface area contributed by atoms with E-state index in [0.29, 0.717) is 17.7 Å². The van der Waals surface area contributed by atoms with Crippen molar-refractivity contribution >= 4 is 11.2 Å². The third-order valence-electron chi connectivity index (χ3n) is 5.01. The zero-order chi connectivity index (χ0) is 21.4. The van der Waals surface area contributed by atoms with E-state index >= 15 is 0 Å². The molecule has 0 saturated carbocycles. The first-order chi connectivity index (χ1) is 14.3. The van der Waals surface area contributed by atoms with Crippen LogP contribution in [0, 0.1) is 18.7 Å². The number of hydrogen-bond donors (Lipinski definition) is 0. The van der Waals surface area contributed by atoms with Gasteiger partial charge in [-0.15, -0.1) is 0 Å². The number of fused-ring (bicyclic) bond motifs is 1. The first kappa shape index (κ1) is 19.8. The predicted molar refractivity (Wildman–Crippen MR) is 115 cm³/mol. The first-order valence-corrected chi connectivity index (χ1v) is 9.87. The van der Waals surface area contributed by atoms with Gasteiger partial charge in [-0.3, -0.25) is 9.36 Å². The molecule has 4 rings (SSSR count). The van der Waals surface area contributed by atoms with Crippen molar-refractivity contribution in [3.8, 4) is 5.69 Å². The highest BCUT2D eigenvalue weighted by Crippen LogP contribution is 2.16. The van der Waals surface area contributed by atoms with Crippen LogP contribution in [-0.4, -0.2) is 18.7 Å². The molecular formula is C23H23FN4O2. The summed E-state index contributed by atoms with van der Waals surface area (Å²) >= 11 is 0. The molecule has 0 saturated heterocycles. The standard InChI is InChI=1S/C23H23FN4O2/c1-15(2)12-27-22(29)20-21(28(23(27)30)19-10-8-18(24)9-11-19)25-14-26(20)13-17-6-4-16(3)5-7-17/h4-11,14-15H,12-13H2,1-3H3. The van der Waals surface area contributed by atoms with Crippen molar-refractivity contribution in [1.29, 1.82) is 0 Å². The van der Waals surface area contributed by atoms with E-state index in [-0.39, 0.29) is 23.7 Å². The van der Waals surface area contributed by atoms with Crippen LogP contribution < -0.4 is 11.2 Å². The van der Waals surface area contributed by atoms with E-state index < -0.39 is 11.5 Å². The van der Waals surface area contributed by atoms with Crippen LogP contribution in [0.2, 0.25) is 0 Å². The summed E-state index contributed by atoms with van der Waals surface area (Å²) in [6.07, 6.45) is 1.57. The van der Waals surface area contributed by atoms with Gasteiger partial charge in [0.05, 0.1) is 12.0 Å². The monoisotopic (exact) mass is 406 g/mol. The molecule has 154 valence electrons. The molecule has 0 atom stereocenters. The third kappa shape index (κ3) is 3.58. The van der Waals surface area contributed by atoms with Crippen LogP contribution in [0.4, 0.5) is 4.39 Å². The van der Waals surface area contributed by atoms with Crippen molar-refractivity contribution in [2.45, 2.75) is 33.9 Å². The van der Waals surface area contributed by atoms with Crippen LogP contribution in [0.1, 0.15) is 25.0 Å². The van der Waals surface area contributed by atoms with Gasteiger partial charge in [0, 0.05) is 13.1 Å². The first-order valence-electron chi connectivity index (χ1n) is 9.87. The zero-order valence-electron chi connectivity index (χ0n) is 17.2. The molecule has 2 heterocycles. The van der Waals surface area contributed by atoms with Gasteiger partial charge < -0.3 is 4.57 Å². The van der Waals surface area contributed by atoms with Crippen LogP contribution in [-0.2, 0) is 13.1 Å². The molecule has 0 bridgehead atoms. The molecule has 0 spiro atoms. The number of nitrogens with zero attached hydrogens (tertiary/aromatic N) is 4. The average Bonchev–Trinajstić information content (AvgIpc) is 3.11. The van der Waals surface area contributed by atoms with Gasteiger partial charge in [-0.05, 0) is 42.7 Å². The summed E-state index contributed by atoms with van der Waals surface area (Å²) in [5.74, 6) is -0.300. The lowest BCUT2D eigenvalue weighted by atomic mass is 10.1. The van der Waals surface area contributed by atoms with Crippen LogP contribution in [0.3, 0.4) is 0 Å². The minimum absolute atomic E-state index is 0.1000. The number of hydrogen-bond acceptors (Lipinski definition) is 3. The Morgan fingerprint density at radius 1 is 1.00 bits per heavy atom. The molecule has 0 fully saturated rings. The number of aromatic nitrogens is 4. The Labute approximate surface area is 172 Å². The largest absolute Gasteiger partial charge is 0.337 e. The molecule has 2 aromatic carbocycles. The van der Waals surface area contributed by atoms with Gasteiger partial charge in [-0.25, -0.2) is 18.7 Å². The summed E-state index contributed by atoms with van der Waals surface area (Å²) in [5.41, 5.74) is 2.40. The quantitative estimate of drug-likeness (QED) is 0.510. The maximum atomic E-state index is 13.4. The summed E-state index contributed by atoms with van der Waals surface area (Å²) in [6, 6.07) is 13.6. The van der Waals surface area contributed by atoms with E-state index in [1.165, 1.54) is 33.4 Å². The predicted octanol–water partition coefficient (Wildman–Crippen LogP) is 3.50. The van der Waals surface area contributed by atoms with Crippen molar-refractivity contribution in [1.82, 2.24) is 18.7 Å². The van der Waals surface area contributed by atoms with Crippen molar-refractivity contribution < 1.29 is 4.39 Å². The van der Waals surface area contributed by atoms with Crippen molar-refractivity contribution in [3.05, 3.63) is 92.6 Å². The maximum absolute atomic E-state index is 13.4. The van der Waals surface area contributed by atoms with Gasteiger partial charge in [0.1, 0.15) is 5.82 Å². The Hall–Kier alpha value is -3.48. The molecule has 0 amide bonds. The maximum Gasteiger partial charge on any atom is 0.337 e. The fraction of sp³-hybridized carbons (Fsp3) is 0.261. The van der Waals surface area contributed by atoms with Gasteiger partial charge in [-0.1, -0.05) is 43.7 Å². The van der Waals surface area contributed by atoms with Gasteiger partial charge in [0.15, 0.2) is 11.2 Å². The van der Waals surface area contributed by atoms with Crippen molar-refractivity contribution in [3.63, 3.8) is 0 Å². The van der Waals surface area contributed by atoms with Crippen LogP contribution in [0.15, 0.2) is 64.4 Å². The molecule has 0 unspecified atom stereocenters. The molecule has 0 N–H and O–H groups in total. The molecule has 0 aliphatic rings. The third-order valence-corrected chi connectivity index (χ3v) is 5.01. The topological polar surface area (TPSA) is 61.8 Å². The number of benzene rings is 2. The van der Waals surface area contributed by atoms with Gasteiger partial charge in [-0.2, -0.15) is 0 Å². The lowest BCUT2D eigenvalue weighted by Crippen LogP contribution is -2.41. The van der Waals surface area contributed by atoms with Crippen LogP contribution in [0.5, 0.6) is 0 Å². The number of rotatable bonds is 5. The fourth-order valence-corrected chi connectivity index (χ4v) is 3.54. The van der Waals surface area contributed by atoms with E-state index in [1.807, 2.05) is 45.0 Å². The Bertz CT molecular complexity index is 1310. The second kappa shape index (κ2) is 7.74. The van der Waals surface area contributed by atoms with E-state index in [0.717, 1.165) is 11.1 Å². The molecule has 0 aliphatic carbocycles.